The largest absolute Gasteiger partial charge is 0.476 e. The second-order valence-corrected chi connectivity index (χ2v) is 7.28. The average molecular weight is 371 g/mol. The van der Waals surface area contributed by atoms with Crippen molar-refractivity contribution in [3.63, 3.8) is 0 Å². The van der Waals surface area contributed by atoms with Crippen molar-refractivity contribution in [2.45, 2.75) is 39.5 Å². The normalized spacial score (nSPS) is 13.8. The summed E-state index contributed by atoms with van der Waals surface area (Å²) in [6, 6.07) is 8.56. The van der Waals surface area contributed by atoms with Crippen LogP contribution in [0.5, 0.6) is 0 Å². The van der Waals surface area contributed by atoms with Crippen molar-refractivity contribution in [3.05, 3.63) is 53.1 Å². The monoisotopic (exact) mass is 371 g/mol. The molecule has 1 aromatic heterocycles. The lowest BCUT2D eigenvalue weighted by molar-refractivity contribution is 0.0196. The molecule has 1 aliphatic heterocycles. The zero-order valence-corrected chi connectivity index (χ0v) is 15.4. The summed E-state index contributed by atoms with van der Waals surface area (Å²) in [6.45, 7) is 5.87. The van der Waals surface area contributed by atoms with Gasteiger partial charge in [-0.25, -0.2) is 14.6 Å². The van der Waals surface area contributed by atoms with Crippen LogP contribution in [0, 0.1) is 0 Å². The Bertz CT molecular complexity index is 896. The highest BCUT2D eigenvalue weighted by Gasteiger charge is 2.33. The Morgan fingerprint density at radius 3 is 2.37 bits per heavy atom. The van der Waals surface area contributed by atoms with Crippen LogP contribution in [0.3, 0.4) is 0 Å². The number of imidazole rings is 1. The van der Waals surface area contributed by atoms with Gasteiger partial charge in [0.1, 0.15) is 5.60 Å². The van der Waals surface area contributed by atoms with Crippen molar-refractivity contribution in [2.24, 2.45) is 0 Å². The fraction of sp³-hybridized carbons (Fsp3) is 0.368. The van der Waals surface area contributed by atoms with Crippen molar-refractivity contribution in [1.82, 2.24) is 14.5 Å². The van der Waals surface area contributed by atoms with Gasteiger partial charge < -0.3 is 19.3 Å². The lowest BCUT2D eigenvalue weighted by Gasteiger charge is -2.31. The van der Waals surface area contributed by atoms with Crippen LogP contribution in [-0.4, -0.2) is 49.5 Å². The smallest absolute Gasteiger partial charge is 0.410 e. The molecule has 1 N–H and O–H groups in total. The molecule has 1 amide bonds. The third-order valence-corrected chi connectivity index (χ3v) is 4.10. The standard InChI is InChI=1S/C19H21N3O5/c1-19(2,3)27-18(26)21-9-10-22-13(11-21)14(17(24)25)20-16(22)15(23)12-7-5-4-6-8-12/h4-8H,9-11H2,1-3H3,(H,24,25). The van der Waals surface area contributed by atoms with Gasteiger partial charge in [-0.3, -0.25) is 4.79 Å². The Balaban J connectivity index is 1.94. The molecule has 0 saturated heterocycles. The van der Waals surface area contributed by atoms with E-state index in [2.05, 4.69) is 4.98 Å². The van der Waals surface area contributed by atoms with E-state index in [1.807, 2.05) is 0 Å². The Hall–Kier alpha value is -3.16. The molecular weight excluding hydrogens is 350 g/mol. The number of fused-ring (bicyclic) bond motifs is 1. The highest BCUT2D eigenvalue weighted by atomic mass is 16.6. The minimum Gasteiger partial charge on any atom is -0.476 e. The molecule has 8 nitrogen and oxygen atoms in total. The summed E-state index contributed by atoms with van der Waals surface area (Å²) in [4.78, 5) is 42.2. The molecule has 142 valence electrons. The average Bonchev–Trinajstić information content (AvgIpc) is 2.99. The van der Waals surface area contributed by atoms with E-state index >= 15 is 0 Å². The van der Waals surface area contributed by atoms with E-state index in [-0.39, 0.29) is 30.4 Å². The lowest BCUT2D eigenvalue weighted by Crippen LogP contribution is -2.42. The topological polar surface area (TPSA) is 102 Å². The van der Waals surface area contributed by atoms with Gasteiger partial charge in [-0.15, -0.1) is 0 Å². The number of carbonyl (C=O) groups excluding carboxylic acids is 2. The molecule has 2 heterocycles. The number of carbonyl (C=O) groups is 3. The number of hydrogen-bond acceptors (Lipinski definition) is 5. The summed E-state index contributed by atoms with van der Waals surface area (Å²) in [6.07, 6.45) is -0.526. The Labute approximate surface area is 156 Å². The van der Waals surface area contributed by atoms with E-state index in [0.29, 0.717) is 17.8 Å². The molecule has 0 fully saturated rings. The first-order valence-corrected chi connectivity index (χ1v) is 8.58. The van der Waals surface area contributed by atoms with Crippen molar-refractivity contribution in [1.29, 1.82) is 0 Å². The number of benzene rings is 1. The fourth-order valence-corrected chi connectivity index (χ4v) is 2.91. The second kappa shape index (κ2) is 6.86. The van der Waals surface area contributed by atoms with Gasteiger partial charge in [0.05, 0.1) is 12.2 Å². The van der Waals surface area contributed by atoms with Crippen LogP contribution in [0.25, 0.3) is 0 Å². The zero-order valence-electron chi connectivity index (χ0n) is 15.4. The molecular formula is C19H21N3O5. The van der Waals surface area contributed by atoms with E-state index in [1.165, 1.54) is 4.90 Å². The number of amides is 1. The number of carboxylic acids is 1. The van der Waals surface area contributed by atoms with Gasteiger partial charge in [0.2, 0.25) is 5.78 Å². The zero-order chi connectivity index (χ0) is 19.8. The molecule has 0 radical (unpaired) electrons. The second-order valence-electron chi connectivity index (χ2n) is 7.28. The number of carboxylic acid groups (broad SMARTS) is 1. The molecule has 0 unspecified atom stereocenters. The fourth-order valence-electron chi connectivity index (χ4n) is 2.91. The number of aromatic nitrogens is 2. The minimum atomic E-state index is -1.24. The maximum atomic E-state index is 12.8. The predicted octanol–water partition coefficient (Wildman–Crippen LogP) is 2.56. The highest BCUT2D eigenvalue weighted by molar-refractivity contribution is 6.07. The van der Waals surface area contributed by atoms with Crippen LogP contribution in [0.2, 0.25) is 0 Å². The maximum Gasteiger partial charge on any atom is 0.410 e. The van der Waals surface area contributed by atoms with Crippen LogP contribution >= 0.6 is 0 Å². The molecule has 0 saturated carbocycles. The van der Waals surface area contributed by atoms with E-state index in [0.717, 1.165) is 0 Å². The van der Waals surface area contributed by atoms with Gasteiger partial charge in [-0.2, -0.15) is 0 Å². The van der Waals surface area contributed by atoms with Gasteiger partial charge in [0, 0.05) is 18.7 Å². The number of rotatable bonds is 3. The van der Waals surface area contributed by atoms with Gasteiger partial charge in [-0.1, -0.05) is 30.3 Å². The Kier molecular flexibility index (Phi) is 4.73. The first-order valence-electron chi connectivity index (χ1n) is 8.58. The molecule has 0 bridgehead atoms. The van der Waals surface area contributed by atoms with Crippen LogP contribution in [-0.2, 0) is 17.8 Å². The van der Waals surface area contributed by atoms with Gasteiger partial charge in [-0.05, 0) is 20.8 Å². The third-order valence-electron chi connectivity index (χ3n) is 4.10. The molecule has 3 rings (SSSR count). The molecule has 27 heavy (non-hydrogen) atoms. The summed E-state index contributed by atoms with van der Waals surface area (Å²) in [5.41, 5.74) is -0.128. The first kappa shape index (κ1) is 18.6. The number of aromatic carboxylic acids is 1. The molecule has 0 spiro atoms. The quantitative estimate of drug-likeness (QED) is 0.832. The number of nitrogens with zero attached hydrogens (tertiary/aromatic N) is 3. The number of hydrogen-bond donors (Lipinski definition) is 1. The third kappa shape index (κ3) is 3.84. The summed E-state index contributed by atoms with van der Waals surface area (Å²) in [5, 5.41) is 9.50. The van der Waals surface area contributed by atoms with E-state index in [9.17, 15) is 19.5 Å². The molecule has 2 aromatic rings. The van der Waals surface area contributed by atoms with Crippen LogP contribution < -0.4 is 0 Å². The van der Waals surface area contributed by atoms with Crippen molar-refractivity contribution >= 4 is 17.8 Å². The van der Waals surface area contributed by atoms with Crippen molar-refractivity contribution < 1.29 is 24.2 Å². The van der Waals surface area contributed by atoms with E-state index < -0.39 is 17.7 Å². The molecule has 8 heteroatoms. The summed E-state index contributed by atoms with van der Waals surface area (Å²) < 4.78 is 6.94. The lowest BCUT2D eigenvalue weighted by atomic mass is 10.1. The number of ether oxygens (including phenoxy) is 1. The molecule has 1 aromatic carbocycles. The van der Waals surface area contributed by atoms with Crippen molar-refractivity contribution in [2.75, 3.05) is 6.54 Å². The number of ketones is 1. The van der Waals surface area contributed by atoms with Crippen molar-refractivity contribution in [3.8, 4) is 0 Å². The van der Waals surface area contributed by atoms with Gasteiger partial charge in [0.25, 0.3) is 0 Å². The minimum absolute atomic E-state index is 0.0195. The van der Waals surface area contributed by atoms with Crippen LogP contribution in [0.15, 0.2) is 30.3 Å². The van der Waals surface area contributed by atoms with E-state index in [4.69, 9.17) is 4.74 Å². The van der Waals surface area contributed by atoms with E-state index in [1.54, 1.807) is 55.7 Å². The van der Waals surface area contributed by atoms with Crippen LogP contribution in [0.1, 0.15) is 53.1 Å². The molecule has 0 atom stereocenters. The summed E-state index contributed by atoms with van der Waals surface area (Å²) in [7, 11) is 0. The summed E-state index contributed by atoms with van der Waals surface area (Å²) >= 11 is 0. The molecule has 0 aliphatic carbocycles. The van der Waals surface area contributed by atoms with Crippen LogP contribution in [0.4, 0.5) is 4.79 Å². The Morgan fingerprint density at radius 2 is 1.78 bits per heavy atom. The summed E-state index contributed by atoms with van der Waals surface area (Å²) in [5.74, 6) is -1.52. The molecule has 1 aliphatic rings. The van der Waals surface area contributed by atoms with Gasteiger partial charge in [0.15, 0.2) is 11.5 Å². The first-order chi connectivity index (χ1) is 12.7. The maximum absolute atomic E-state index is 12.8. The predicted molar refractivity (Wildman–Crippen MR) is 95.7 cm³/mol. The SMILES string of the molecule is CC(C)(C)OC(=O)N1CCn2c(C(=O)c3ccccc3)nc(C(=O)O)c2C1. The van der Waals surface area contributed by atoms with Gasteiger partial charge >= 0.3 is 12.1 Å². The Morgan fingerprint density at radius 1 is 1.11 bits per heavy atom. The highest BCUT2D eigenvalue weighted by Crippen LogP contribution is 2.23.